The zero-order valence-electron chi connectivity index (χ0n) is 19.7. The van der Waals surface area contributed by atoms with Crippen LogP contribution in [0, 0.1) is 10.1 Å². The lowest BCUT2D eigenvalue weighted by Crippen LogP contribution is -2.29. The molecule has 37 heavy (non-hydrogen) atoms. The Morgan fingerprint density at radius 1 is 0.946 bits per heavy atom. The largest absolute Gasteiger partial charge is 0.493 e. The van der Waals surface area contributed by atoms with Crippen LogP contribution in [0.5, 0.6) is 5.75 Å². The minimum Gasteiger partial charge on any atom is -0.493 e. The number of halogens is 1. The van der Waals surface area contributed by atoms with Crippen LogP contribution >= 0.6 is 27.3 Å². The summed E-state index contributed by atoms with van der Waals surface area (Å²) in [7, 11) is 0. The van der Waals surface area contributed by atoms with Crippen LogP contribution < -0.4 is 10.1 Å². The average molecular weight is 575 g/mol. The number of nitrogens with one attached hydrogen (secondary N) is 1. The second kappa shape index (κ2) is 11.2. The lowest BCUT2D eigenvalue weighted by molar-refractivity contribution is -0.385. The molecule has 0 aliphatic carbocycles. The standard InChI is InChI=1S/C29H23BrN2O4S/c30-24-13-10-20(16-26(24)32(34)35)27(33)18-31-25(19-6-2-1-3-7-19)14-15-36-21-11-12-23-22-8-4-5-9-28(22)37-29(23)17-21/h1-13,16-17,25,31H,14-15,18H2. The number of nitrogens with zero attached hydrogens (tertiary/aromatic N) is 1. The molecule has 0 aliphatic rings. The highest BCUT2D eigenvalue weighted by Crippen LogP contribution is 2.35. The van der Waals surface area contributed by atoms with E-state index < -0.39 is 4.92 Å². The molecule has 0 fully saturated rings. The zero-order chi connectivity index (χ0) is 25.8. The number of rotatable bonds is 10. The lowest BCUT2D eigenvalue weighted by Gasteiger charge is -2.19. The van der Waals surface area contributed by atoms with Crippen LogP contribution in [0.3, 0.4) is 0 Å². The molecule has 4 aromatic carbocycles. The second-order valence-corrected chi connectivity index (χ2v) is 10.5. The van der Waals surface area contributed by atoms with E-state index in [9.17, 15) is 14.9 Å². The fraction of sp³-hybridized carbons (Fsp3) is 0.138. The van der Waals surface area contributed by atoms with Crippen LogP contribution in [-0.2, 0) is 0 Å². The van der Waals surface area contributed by atoms with Crippen LogP contribution in [0.4, 0.5) is 5.69 Å². The molecule has 1 N–H and O–H groups in total. The highest BCUT2D eigenvalue weighted by molar-refractivity contribution is 9.10. The topological polar surface area (TPSA) is 81.5 Å². The van der Waals surface area contributed by atoms with E-state index in [0.29, 0.717) is 23.1 Å². The molecule has 0 saturated heterocycles. The summed E-state index contributed by atoms with van der Waals surface area (Å²) in [6, 6.07) is 28.7. The van der Waals surface area contributed by atoms with Gasteiger partial charge in [-0.2, -0.15) is 0 Å². The maximum absolute atomic E-state index is 12.8. The van der Waals surface area contributed by atoms with E-state index in [1.54, 1.807) is 17.4 Å². The van der Waals surface area contributed by atoms with Gasteiger partial charge in [-0.15, -0.1) is 11.3 Å². The van der Waals surface area contributed by atoms with Crippen molar-refractivity contribution < 1.29 is 14.5 Å². The maximum atomic E-state index is 12.8. The fourth-order valence-electron chi connectivity index (χ4n) is 4.31. The molecule has 0 radical (unpaired) electrons. The molecule has 1 aromatic heterocycles. The van der Waals surface area contributed by atoms with Crippen molar-refractivity contribution in [1.82, 2.24) is 5.32 Å². The van der Waals surface area contributed by atoms with Crippen molar-refractivity contribution in [2.45, 2.75) is 12.5 Å². The van der Waals surface area contributed by atoms with Crippen LogP contribution in [0.1, 0.15) is 28.4 Å². The van der Waals surface area contributed by atoms with Gasteiger partial charge in [0, 0.05) is 44.3 Å². The van der Waals surface area contributed by atoms with Gasteiger partial charge < -0.3 is 10.1 Å². The predicted molar refractivity (Wildman–Crippen MR) is 152 cm³/mol. The Labute approximate surface area is 226 Å². The number of nitro groups is 1. The molecule has 0 bridgehead atoms. The minimum atomic E-state index is -0.505. The first-order valence-corrected chi connectivity index (χ1v) is 13.4. The molecule has 0 amide bonds. The van der Waals surface area contributed by atoms with Gasteiger partial charge in [0.1, 0.15) is 5.75 Å². The van der Waals surface area contributed by atoms with Crippen molar-refractivity contribution in [2.75, 3.05) is 13.2 Å². The van der Waals surface area contributed by atoms with E-state index >= 15 is 0 Å². The van der Waals surface area contributed by atoms with Gasteiger partial charge in [-0.25, -0.2) is 0 Å². The maximum Gasteiger partial charge on any atom is 0.284 e. The number of ketones is 1. The van der Waals surface area contributed by atoms with Gasteiger partial charge in [0.25, 0.3) is 5.69 Å². The Kier molecular flexibility index (Phi) is 7.60. The molecule has 0 aliphatic heterocycles. The summed E-state index contributed by atoms with van der Waals surface area (Å²) in [5.41, 5.74) is 1.21. The number of nitro benzene ring substituents is 1. The van der Waals surface area contributed by atoms with Crippen molar-refractivity contribution in [1.29, 1.82) is 0 Å². The van der Waals surface area contributed by atoms with E-state index in [2.05, 4.69) is 57.6 Å². The van der Waals surface area contributed by atoms with E-state index in [0.717, 1.165) is 11.3 Å². The predicted octanol–water partition coefficient (Wildman–Crippen LogP) is 7.71. The molecule has 1 atom stereocenters. The number of thiophene rings is 1. The van der Waals surface area contributed by atoms with Crippen LogP contribution in [-0.4, -0.2) is 23.9 Å². The SMILES string of the molecule is O=C(CNC(CCOc1ccc2c(c1)sc1ccccc12)c1ccccc1)c1ccc(Br)c([N+](=O)[O-])c1. The quantitative estimate of drug-likeness (QED) is 0.105. The van der Waals surface area contributed by atoms with Crippen molar-refractivity contribution in [3.8, 4) is 5.75 Å². The van der Waals surface area contributed by atoms with Gasteiger partial charge in [0.15, 0.2) is 5.78 Å². The lowest BCUT2D eigenvalue weighted by atomic mass is 10.0. The normalized spacial score (nSPS) is 12.0. The van der Waals surface area contributed by atoms with Crippen molar-refractivity contribution in [3.63, 3.8) is 0 Å². The third kappa shape index (κ3) is 5.72. The molecule has 5 aromatic rings. The first-order valence-electron chi connectivity index (χ1n) is 11.8. The summed E-state index contributed by atoms with van der Waals surface area (Å²) in [6.45, 7) is 0.507. The summed E-state index contributed by atoms with van der Waals surface area (Å²) in [5.74, 6) is 0.594. The van der Waals surface area contributed by atoms with Gasteiger partial charge in [0.2, 0.25) is 0 Å². The van der Waals surface area contributed by atoms with E-state index in [-0.39, 0.29) is 24.1 Å². The zero-order valence-corrected chi connectivity index (χ0v) is 22.1. The Bertz CT molecular complexity index is 1590. The summed E-state index contributed by atoms with van der Waals surface area (Å²) in [4.78, 5) is 23.6. The van der Waals surface area contributed by atoms with Crippen molar-refractivity contribution in [3.05, 3.63) is 117 Å². The van der Waals surface area contributed by atoms with Crippen LogP contribution in [0.15, 0.2) is 95.5 Å². The highest BCUT2D eigenvalue weighted by atomic mass is 79.9. The number of hydrogen-bond acceptors (Lipinski definition) is 6. The highest BCUT2D eigenvalue weighted by Gasteiger charge is 2.18. The van der Waals surface area contributed by atoms with Crippen molar-refractivity contribution in [2.24, 2.45) is 0 Å². The number of hydrogen-bond donors (Lipinski definition) is 1. The smallest absolute Gasteiger partial charge is 0.284 e. The molecule has 5 rings (SSSR count). The second-order valence-electron chi connectivity index (χ2n) is 8.58. The van der Waals surface area contributed by atoms with E-state index in [4.69, 9.17) is 4.74 Å². The van der Waals surface area contributed by atoms with E-state index in [1.807, 2.05) is 36.4 Å². The number of fused-ring (bicyclic) bond motifs is 3. The third-order valence-electron chi connectivity index (χ3n) is 6.20. The number of ether oxygens (including phenoxy) is 1. The number of benzene rings is 4. The van der Waals surface area contributed by atoms with Gasteiger partial charge in [-0.3, -0.25) is 14.9 Å². The molecule has 6 nitrogen and oxygen atoms in total. The molecule has 0 spiro atoms. The number of carbonyl (C=O) groups is 1. The number of Topliss-reactive ketones (excluding diaryl/α,β-unsaturated/α-hetero) is 1. The average Bonchev–Trinajstić information content (AvgIpc) is 3.29. The summed E-state index contributed by atoms with van der Waals surface area (Å²) >= 11 is 4.91. The fourth-order valence-corrected chi connectivity index (χ4v) is 5.83. The first kappa shape index (κ1) is 25.1. The molecule has 1 unspecified atom stereocenters. The van der Waals surface area contributed by atoms with Crippen LogP contribution in [0.2, 0.25) is 0 Å². The molecule has 8 heteroatoms. The minimum absolute atomic E-state index is 0.0477. The number of carbonyl (C=O) groups excluding carboxylic acids is 1. The summed E-state index contributed by atoms with van der Waals surface area (Å²) in [6.07, 6.45) is 0.641. The van der Waals surface area contributed by atoms with Gasteiger partial charge in [-0.05, 0) is 57.9 Å². The molecule has 1 heterocycles. The molecular weight excluding hydrogens is 552 g/mol. The Hall–Kier alpha value is -3.59. The molecular formula is C29H23BrN2O4S. The molecule has 186 valence electrons. The Balaban J connectivity index is 1.26. The van der Waals surface area contributed by atoms with Crippen LogP contribution in [0.25, 0.3) is 20.2 Å². The third-order valence-corrected chi connectivity index (χ3v) is 8.01. The van der Waals surface area contributed by atoms with Gasteiger partial charge in [-0.1, -0.05) is 48.5 Å². The van der Waals surface area contributed by atoms with Gasteiger partial charge >= 0.3 is 0 Å². The van der Waals surface area contributed by atoms with Crippen molar-refractivity contribution >= 4 is 58.9 Å². The van der Waals surface area contributed by atoms with E-state index in [1.165, 1.54) is 32.3 Å². The van der Waals surface area contributed by atoms with Gasteiger partial charge in [0.05, 0.1) is 22.5 Å². The summed E-state index contributed by atoms with van der Waals surface area (Å²) < 4.78 is 8.89. The monoisotopic (exact) mass is 574 g/mol. The molecule has 0 saturated carbocycles. The summed E-state index contributed by atoms with van der Waals surface area (Å²) in [5, 5.41) is 17.0. The Morgan fingerprint density at radius 2 is 1.70 bits per heavy atom. The Morgan fingerprint density at radius 3 is 2.51 bits per heavy atom. The first-order chi connectivity index (χ1) is 18.0.